The minimum atomic E-state index is -4.96. The first-order valence-electron chi connectivity index (χ1n) is 19.9. The van der Waals surface area contributed by atoms with E-state index in [-0.39, 0.29) is 65.1 Å². The largest absolute Gasteiger partial charge is 0.508 e. The summed E-state index contributed by atoms with van der Waals surface area (Å²) in [5.41, 5.74) is 2.13. The number of aromatic hydroxyl groups is 2. The summed E-state index contributed by atoms with van der Waals surface area (Å²) in [7, 11) is -4.96. The molecule has 3 amide bonds. The number of ether oxygens (including phenoxy) is 1. The maximum Gasteiger partial charge on any atom is 0.403 e. The van der Waals surface area contributed by atoms with Crippen LogP contribution in [0, 0.1) is 0 Å². The van der Waals surface area contributed by atoms with Gasteiger partial charge in [-0.2, -0.15) is 0 Å². The first-order valence-corrected chi connectivity index (χ1v) is 21.5. The predicted octanol–water partition coefficient (Wildman–Crippen LogP) is 3.90. The van der Waals surface area contributed by atoms with Crippen LogP contribution in [-0.2, 0) is 34.8 Å². The second-order valence-electron chi connectivity index (χ2n) is 14.8. The molecule has 0 aromatic heterocycles. The van der Waals surface area contributed by atoms with E-state index >= 15 is 0 Å². The highest BCUT2D eigenvalue weighted by molar-refractivity contribution is 7.50. The third kappa shape index (κ3) is 13.6. The predicted molar refractivity (Wildman–Crippen MR) is 226 cm³/mol. The fourth-order valence-electron chi connectivity index (χ4n) is 6.75. The van der Waals surface area contributed by atoms with E-state index < -0.39 is 80.9 Å². The van der Waals surface area contributed by atoms with Gasteiger partial charge in [0.25, 0.3) is 11.8 Å². The zero-order valence-corrected chi connectivity index (χ0v) is 35.2. The van der Waals surface area contributed by atoms with Crippen molar-refractivity contribution in [2.24, 2.45) is 0 Å². The van der Waals surface area contributed by atoms with Crippen LogP contribution >= 0.6 is 7.75 Å². The number of carboxylic acids is 4. The molecule has 21 nitrogen and oxygen atoms in total. The van der Waals surface area contributed by atoms with Gasteiger partial charge in [0, 0.05) is 66.2 Å². The lowest BCUT2D eigenvalue weighted by atomic mass is 9.80. The molecule has 0 aliphatic carbocycles. The maximum atomic E-state index is 13.1. The number of aliphatic carboxylic acids is 3. The van der Waals surface area contributed by atoms with Crippen molar-refractivity contribution in [3.63, 3.8) is 0 Å². The van der Waals surface area contributed by atoms with Gasteiger partial charge in [-0.25, -0.2) is 19.2 Å². The number of amides is 3. The molecular weight excluding hydrogens is 875 g/mol. The maximum absolute atomic E-state index is 13.1. The second-order valence-corrected chi connectivity index (χ2v) is 16.3. The molecule has 0 radical (unpaired) electrons. The Morgan fingerprint density at radius 2 is 1.28 bits per heavy atom. The number of fused-ring (bicyclic) bond motifs is 2. The van der Waals surface area contributed by atoms with Gasteiger partial charge in [0.1, 0.15) is 29.0 Å². The number of carbonyl (C=O) groups is 7. The number of carbonyl (C=O) groups excluding carboxylic acids is 3. The van der Waals surface area contributed by atoms with Crippen molar-refractivity contribution < 1.29 is 82.9 Å². The van der Waals surface area contributed by atoms with E-state index in [0.29, 0.717) is 41.5 Å². The van der Waals surface area contributed by atoms with Gasteiger partial charge in [-0.3, -0.25) is 28.5 Å². The lowest BCUT2D eigenvalue weighted by Gasteiger charge is -2.29. The van der Waals surface area contributed by atoms with E-state index in [4.69, 9.17) is 9.84 Å². The van der Waals surface area contributed by atoms with Gasteiger partial charge in [-0.1, -0.05) is 36.8 Å². The highest BCUT2D eigenvalue weighted by atomic mass is 31.2. The van der Waals surface area contributed by atoms with Crippen LogP contribution in [0.5, 0.6) is 23.0 Å². The van der Waals surface area contributed by atoms with E-state index in [1.165, 1.54) is 60.7 Å². The molecule has 1 aliphatic rings. The van der Waals surface area contributed by atoms with Gasteiger partial charge in [-0.15, -0.1) is 0 Å². The zero-order valence-electron chi connectivity index (χ0n) is 34.3. The Kier molecular flexibility index (Phi) is 16.4. The molecule has 0 bridgehead atoms. The Morgan fingerprint density at radius 3 is 1.86 bits per heavy atom. The van der Waals surface area contributed by atoms with Gasteiger partial charge < -0.3 is 56.2 Å². The minimum absolute atomic E-state index is 0.0000792. The highest BCUT2D eigenvalue weighted by Crippen LogP contribution is 2.50. The van der Waals surface area contributed by atoms with Crippen molar-refractivity contribution in [1.82, 2.24) is 21.0 Å². The van der Waals surface area contributed by atoms with Gasteiger partial charge in [0.2, 0.25) is 5.91 Å². The van der Waals surface area contributed by atoms with E-state index in [0.717, 1.165) is 0 Å². The van der Waals surface area contributed by atoms with Gasteiger partial charge in [-0.05, 0) is 66.8 Å². The van der Waals surface area contributed by atoms with E-state index in [9.17, 15) is 68.6 Å². The van der Waals surface area contributed by atoms with E-state index in [1.807, 2.05) is 0 Å². The van der Waals surface area contributed by atoms with Gasteiger partial charge in [0.05, 0.1) is 12.2 Å². The number of phenolic OH excluding ortho intramolecular Hbond substituents is 2. The van der Waals surface area contributed by atoms with Crippen LogP contribution in [0.4, 0.5) is 0 Å². The first-order chi connectivity index (χ1) is 30.8. The Morgan fingerprint density at radius 1 is 0.677 bits per heavy atom. The summed E-state index contributed by atoms with van der Waals surface area (Å²) in [5, 5.41) is 67.2. The molecule has 0 saturated heterocycles. The number of aromatic carboxylic acids is 1. The standard InChI is InChI=1S/C43H45N4O17P/c48-26-10-13-29-34(19-26)64-35-20-27(49)11-14-30(35)38(29)28-12-9-25(18-31(28)41(55)56)39(53)44-17-3-1-2-4-36(50)45-21-23-5-7-24(8-6-23)40(54)46-33(43(59)60)22-63-65(61,62)47-32(42(57)58)15-16-37(51)52/h5-14,18-20,32-33,38,48-49H,1-4,15-17,21-22H2,(H,44,53)(H,45,50)(H,46,54)(H,51,52)(H,55,56)(H,57,58)(H,59,60)(H2,47,61,62)/t32-,33-/m0/s1. The number of carboxylic acid groups (broad SMARTS) is 4. The summed E-state index contributed by atoms with van der Waals surface area (Å²) in [6.07, 6.45) is 0.538. The quantitative estimate of drug-likeness (QED) is 0.0327. The molecule has 4 aromatic rings. The molecule has 1 heterocycles. The Hall–Kier alpha value is -7.32. The molecule has 11 N–H and O–H groups in total. The summed E-state index contributed by atoms with van der Waals surface area (Å²) < 4.78 is 22.9. The van der Waals surface area contributed by atoms with Crippen LogP contribution in [-0.4, -0.2) is 102 Å². The summed E-state index contributed by atoms with van der Waals surface area (Å²) in [4.78, 5) is 94.6. The Labute approximate surface area is 369 Å². The molecule has 4 aromatic carbocycles. The minimum Gasteiger partial charge on any atom is -0.508 e. The van der Waals surface area contributed by atoms with Crippen molar-refractivity contribution in [3.05, 3.63) is 118 Å². The Balaban J connectivity index is 1.04. The summed E-state index contributed by atoms with van der Waals surface area (Å²) in [6.45, 7) is -0.701. The molecule has 0 spiro atoms. The lowest BCUT2D eigenvalue weighted by Crippen LogP contribution is -2.44. The molecule has 0 saturated carbocycles. The van der Waals surface area contributed by atoms with Crippen LogP contribution in [0.1, 0.15) is 97.8 Å². The third-order valence-corrected chi connectivity index (χ3v) is 11.2. The third-order valence-electron chi connectivity index (χ3n) is 10.0. The van der Waals surface area contributed by atoms with E-state index in [1.54, 1.807) is 23.3 Å². The molecule has 344 valence electrons. The second kappa shape index (κ2) is 21.8. The smallest absolute Gasteiger partial charge is 0.403 e. The van der Waals surface area contributed by atoms with Crippen molar-refractivity contribution in [3.8, 4) is 23.0 Å². The molecule has 3 atom stereocenters. The van der Waals surface area contributed by atoms with E-state index in [2.05, 4.69) is 20.5 Å². The number of hydrogen-bond acceptors (Lipinski definition) is 12. The monoisotopic (exact) mass is 920 g/mol. The van der Waals surface area contributed by atoms with Crippen molar-refractivity contribution in [1.29, 1.82) is 0 Å². The highest BCUT2D eigenvalue weighted by Gasteiger charge is 2.34. The molecule has 5 rings (SSSR count). The topological polar surface area (TPSA) is 345 Å². The number of benzene rings is 4. The van der Waals surface area contributed by atoms with Crippen LogP contribution in [0.3, 0.4) is 0 Å². The number of nitrogens with one attached hydrogen (secondary N) is 4. The number of phenols is 2. The number of hydrogen-bond donors (Lipinski definition) is 11. The number of unbranched alkanes of at least 4 members (excludes halogenated alkanes) is 2. The van der Waals surface area contributed by atoms with Gasteiger partial charge >= 0.3 is 31.6 Å². The zero-order chi connectivity index (χ0) is 47.4. The normalized spacial score (nSPS) is 13.7. The Bertz CT molecular complexity index is 2460. The fourth-order valence-corrected chi connectivity index (χ4v) is 7.81. The van der Waals surface area contributed by atoms with Crippen LogP contribution < -0.4 is 25.8 Å². The van der Waals surface area contributed by atoms with Crippen molar-refractivity contribution in [2.45, 2.75) is 63.1 Å². The SMILES string of the molecule is O=C(O)CC[C@H](NP(=O)(O)OC[C@H](NC(=O)c1ccc(CNC(=O)CCCCCNC(=O)c2ccc(C3c4ccc(O)cc4Oc4cc(O)ccc43)c(C(=O)O)c2)cc1)C(=O)O)C(=O)O. The molecule has 1 unspecified atom stereocenters. The summed E-state index contributed by atoms with van der Waals surface area (Å²) in [6, 6.07) is 15.4. The molecular formula is C43H45N4O17P. The van der Waals surface area contributed by atoms with Gasteiger partial charge in [0.15, 0.2) is 6.04 Å². The molecule has 0 fully saturated rings. The van der Waals surface area contributed by atoms with Crippen molar-refractivity contribution >= 4 is 49.3 Å². The number of rotatable bonds is 23. The molecule has 1 aliphatic heterocycles. The first kappa shape index (κ1) is 48.7. The molecule has 22 heteroatoms. The van der Waals surface area contributed by atoms with Crippen LogP contribution in [0.15, 0.2) is 78.9 Å². The van der Waals surface area contributed by atoms with Crippen LogP contribution in [0.25, 0.3) is 0 Å². The molecule has 65 heavy (non-hydrogen) atoms. The fraction of sp³-hybridized carbons (Fsp3) is 0.279. The van der Waals surface area contributed by atoms with Crippen molar-refractivity contribution in [2.75, 3.05) is 13.2 Å². The summed E-state index contributed by atoms with van der Waals surface area (Å²) >= 11 is 0. The summed E-state index contributed by atoms with van der Waals surface area (Å²) in [5.74, 6) is -7.77. The lowest BCUT2D eigenvalue weighted by molar-refractivity contribution is -0.142. The average molecular weight is 921 g/mol. The van der Waals surface area contributed by atoms with Crippen LogP contribution in [0.2, 0.25) is 0 Å². The average Bonchev–Trinajstić information content (AvgIpc) is 3.25.